The summed E-state index contributed by atoms with van der Waals surface area (Å²) in [5.41, 5.74) is 3.19. The quantitative estimate of drug-likeness (QED) is 0.584. The van der Waals surface area contributed by atoms with Gasteiger partial charge in [-0.1, -0.05) is 35.9 Å². The highest BCUT2D eigenvalue weighted by molar-refractivity contribution is 5.90. The topological polar surface area (TPSA) is 78.4 Å². The van der Waals surface area contributed by atoms with Gasteiger partial charge in [-0.2, -0.15) is 0 Å². The average Bonchev–Trinajstić information content (AvgIpc) is 2.78. The van der Waals surface area contributed by atoms with Crippen molar-refractivity contribution in [1.82, 2.24) is 14.9 Å². The van der Waals surface area contributed by atoms with Gasteiger partial charge in [0, 0.05) is 31.4 Å². The highest BCUT2D eigenvalue weighted by Gasteiger charge is 2.37. The summed E-state index contributed by atoms with van der Waals surface area (Å²) in [5.74, 6) is 1.61. The molecule has 1 aliphatic rings. The van der Waals surface area contributed by atoms with E-state index in [1.807, 2.05) is 25.1 Å². The summed E-state index contributed by atoms with van der Waals surface area (Å²) >= 11 is 0. The van der Waals surface area contributed by atoms with Gasteiger partial charge in [0.15, 0.2) is 0 Å². The van der Waals surface area contributed by atoms with Crippen LogP contribution in [0.15, 0.2) is 42.5 Å². The molecule has 1 fully saturated rings. The number of rotatable bonds is 5. The Morgan fingerprint density at radius 2 is 1.85 bits per heavy atom. The first-order valence-corrected chi connectivity index (χ1v) is 11.7. The zero-order chi connectivity index (χ0) is 23.8. The first-order chi connectivity index (χ1) is 15.7. The summed E-state index contributed by atoms with van der Waals surface area (Å²) in [6, 6.07) is 14.5. The Morgan fingerprint density at radius 3 is 2.52 bits per heavy atom. The normalized spacial score (nSPS) is 21.6. The lowest BCUT2D eigenvalue weighted by Gasteiger charge is -2.36. The third kappa shape index (κ3) is 4.86. The molecular formula is C27H34N4O2. The van der Waals surface area contributed by atoms with Crippen LogP contribution >= 0.6 is 0 Å². The molecule has 0 radical (unpaired) electrons. The highest BCUT2D eigenvalue weighted by Crippen LogP contribution is 2.41. The van der Waals surface area contributed by atoms with Crippen molar-refractivity contribution in [2.24, 2.45) is 5.92 Å². The van der Waals surface area contributed by atoms with E-state index in [2.05, 4.69) is 48.4 Å². The number of carbonyl (C=O) groups excluding carboxylic acids is 1. The van der Waals surface area contributed by atoms with Crippen LogP contribution in [-0.2, 0) is 10.4 Å². The Labute approximate surface area is 196 Å². The number of benzene rings is 2. The number of nitrogens with one attached hydrogen (secondary N) is 1. The van der Waals surface area contributed by atoms with Crippen molar-refractivity contribution in [3.05, 3.63) is 65.0 Å². The molecule has 0 saturated heterocycles. The summed E-state index contributed by atoms with van der Waals surface area (Å²) in [7, 11) is 3.58. The Bertz CT molecular complexity index is 1170. The van der Waals surface area contributed by atoms with Crippen LogP contribution in [0.3, 0.4) is 0 Å². The summed E-state index contributed by atoms with van der Waals surface area (Å²) in [4.78, 5) is 23.3. The maximum absolute atomic E-state index is 12.4. The molecule has 2 N–H and O–H groups in total. The molecule has 4 rings (SSSR count). The minimum absolute atomic E-state index is 0.0147. The van der Waals surface area contributed by atoms with Crippen LogP contribution in [-0.4, -0.2) is 40.0 Å². The van der Waals surface area contributed by atoms with E-state index in [1.54, 1.807) is 19.0 Å². The molecule has 3 aromatic rings. The summed E-state index contributed by atoms with van der Waals surface area (Å²) < 4.78 is 0. The molecule has 6 nitrogen and oxygen atoms in total. The third-order valence-electron chi connectivity index (χ3n) is 6.84. The molecule has 0 spiro atoms. The maximum atomic E-state index is 12.4. The standard InChI is InChI=1S/C27H34N4O2/c1-17-7-6-8-21(15-17)18(2)28-25-23-16-22(9-10-24(23)29-19(3)30-25)27(33)13-11-20(12-14-27)26(32)31(4)5/h6-10,15-16,18,20,33H,11-14H2,1-5H3,(H,28,29,30)/t18-,20?,27?/m1/s1. The molecule has 2 aromatic carbocycles. The van der Waals surface area contributed by atoms with Gasteiger partial charge in [-0.05, 0) is 69.7 Å². The summed E-state index contributed by atoms with van der Waals surface area (Å²) in [6.07, 6.45) is 2.51. The van der Waals surface area contributed by atoms with E-state index >= 15 is 0 Å². The van der Waals surface area contributed by atoms with E-state index in [0.29, 0.717) is 31.5 Å². The molecule has 0 unspecified atom stereocenters. The third-order valence-corrected chi connectivity index (χ3v) is 6.84. The van der Waals surface area contributed by atoms with Crippen LogP contribution in [0.1, 0.15) is 61.2 Å². The maximum Gasteiger partial charge on any atom is 0.225 e. The van der Waals surface area contributed by atoms with E-state index in [9.17, 15) is 9.90 Å². The molecular weight excluding hydrogens is 412 g/mol. The highest BCUT2D eigenvalue weighted by atomic mass is 16.3. The minimum atomic E-state index is -0.943. The Kier molecular flexibility index (Phi) is 6.39. The van der Waals surface area contributed by atoms with Gasteiger partial charge in [0.2, 0.25) is 5.91 Å². The van der Waals surface area contributed by atoms with Crippen molar-refractivity contribution in [3.63, 3.8) is 0 Å². The minimum Gasteiger partial charge on any atom is -0.385 e. The number of nitrogens with zero attached hydrogens (tertiary/aromatic N) is 3. The van der Waals surface area contributed by atoms with Gasteiger partial charge < -0.3 is 15.3 Å². The average molecular weight is 447 g/mol. The lowest BCUT2D eigenvalue weighted by atomic mass is 9.74. The Morgan fingerprint density at radius 1 is 1.12 bits per heavy atom. The number of carbonyl (C=O) groups is 1. The van der Waals surface area contributed by atoms with Gasteiger partial charge in [0.05, 0.1) is 11.1 Å². The summed E-state index contributed by atoms with van der Waals surface area (Å²) in [5, 5.41) is 16.0. The van der Waals surface area contributed by atoms with Crippen LogP contribution in [0, 0.1) is 19.8 Å². The molecule has 1 aromatic heterocycles. The van der Waals surface area contributed by atoms with Crippen LogP contribution < -0.4 is 5.32 Å². The predicted octanol–water partition coefficient (Wildman–Crippen LogP) is 4.89. The van der Waals surface area contributed by atoms with E-state index in [-0.39, 0.29) is 17.9 Å². The van der Waals surface area contributed by atoms with Crippen molar-refractivity contribution < 1.29 is 9.90 Å². The van der Waals surface area contributed by atoms with E-state index in [0.717, 1.165) is 22.3 Å². The lowest BCUT2D eigenvalue weighted by Crippen LogP contribution is -2.37. The molecule has 1 heterocycles. The number of amides is 1. The monoisotopic (exact) mass is 446 g/mol. The number of aryl methyl sites for hydroxylation is 2. The fourth-order valence-corrected chi connectivity index (χ4v) is 4.87. The first kappa shape index (κ1) is 23.2. The number of aromatic nitrogens is 2. The van der Waals surface area contributed by atoms with Crippen molar-refractivity contribution in [1.29, 1.82) is 0 Å². The first-order valence-electron chi connectivity index (χ1n) is 11.7. The largest absolute Gasteiger partial charge is 0.385 e. The van der Waals surface area contributed by atoms with Gasteiger partial charge in [0.1, 0.15) is 11.6 Å². The Balaban J connectivity index is 1.63. The van der Waals surface area contributed by atoms with E-state index in [1.165, 1.54) is 11.1 Å². The van der Waals surface area contributed by atoms with Crippen molar-refractivity contribution in [3.8, 4) is 0 Å². The van der Waals surface area contributed by atoms with Crippen molar-refractivity contribution in [2.45, 2.75) is 58.1 Å². The number of hydrogen-bond acceptors (Lipinski definition) is 5. The van der Waals surface area contributed by atoms with Crippen LogP contribution in [0.4, 0.5) is 5.82 Å². The number of aliphatic hydroxyl groups is 1. The van der Waals surface area contributed by atoms with Gasteiger partial charge in [-0.3, -0.25) is 4.79 Å². The Hall–Kier alpha value is -2.99. The lowest BCUT2D eigenvalue weighted by molar-refractivity contribution is -0.136. The molecule has 0 bridgehead atoms. The summed E-state index contributed by atoms with van der Waals surface area (Å²) in [6.45, 7) is 6.11. The predicted molar refractivity (Wildman–Crippen MR) is 132 cm³/mol. The van der Waals surface area contributed by atoms with Gasteiger partial charge in [-0.15, -0.1) is 0 Å². The van der Waals surface area contributed by atoms with E-state index < -0.39 is 5.60 Å². The molecule has 1 amide bonds. The molecule has 174 valence electrons. The van der Waals surface area contributed by atoms with Crippen LogP contribution in [0.25, 0.3) is 10.9 Å². The second-order valence-corrected chi connectivity index (χ2v) is 9.67. The van der Waals surface area contributed by atoms with Gasteiger partial charge >= 0.3 is 0 Å². The molecule has 0 aliphatic heterocycles. The van der Waals surface area contributed by atoms with Crippen molar-refractivity contribution in [2.75, 3.05) is 19.4 Å². The van der Waals surface area contributed by atoms with Gasteiger partial charge in [0.25, 0.3) is 0 Å². The van der Waals surface area contributed by atoms with Crippen molar-refractivity contribution >= 4 is 22.6 Å². The van der Waals surface area contributed by atoms with Crippen LogP contribution in [0.2, 0.25) is 0 Å². The number of fused-ring (bicyclic) bond motifs is 1. The molecule has 1 aliphatic carbocycles. The number of anilines is 1. The van der Waals surface area contributed by atoms with Crippen LogP contribution in [0.5, 0.6) is 0 Å². The van der Waals surface area contributed by atoms with E-state index in [4.69, 9.17) is 4.98 Å². The molecule has 1 saturated carbocycles. The molecule has 33 heavy (non-hydrogen) atoms. The zero-order valence-electron chi connectivity index (χ0n) is 20.2. The molecule has 6 heteroatoms. The molecule has 1 atom stereocenters. The zero-order valence-corrected chi connectivity index (χ0v) is 20.2. The number of hydrogen-bond donors (Lipinski definition) is 2. The second-order valence-electron chi connectivity index (χ2n) is 9.67. The second kappa shape index (κ2) is 9.10. The van der Waals surface area contributed by atoms with Gasteiger partial charge in [-0.25, -0.2) is 9.97 Å². The fourth-order valence-electron chi connectivity index (χ4n) is 4.87. The fraction of sp³-hybridized carbons (Fsp3) is 0.444. The smallest absolute Gasteiger partial charge is 0.225 e. The SMILES string of the molecule is Cc1cccc([C@@H](C)Nc2nc(C)nc3ccc(C4(O)CCC(C(=O)N(C)C)CC4)cc23)c1.